The highest BCUT2D eigenvalue weighted by Gasteiger charge is 2.18. The molecule has 0 fully saturated rings. The van der Waals surface area contributed by atoms with Gasteiger partial charge in [-0.15, -0.1) is 0 Å². The molecule has 0 atom stereocenters. The van der Waals surface area contributed by atoms with Crippen LogP contribution in [0.1, 0.15) is 5.56 Å². The van der Waals surface area contributed by atoms with E-state index in [0.717, 1.165) is 16.7 Å². The lowest BCUT2D eigenvalue weighted by Gasteiger charge is -2.09. The Bertz CT molecular complexity index is 1260. The van der Waals surface area contributed by atoms with Crippen LogP contribution in [0.4, 0.5) is 5.69 Å². The molecule has 1 N–H and O–H groups in total. The van der Waals surface area contributed by atoms with Gasteiger partial charge in [0.15, 0.2) is 0 Å². The summed E-state index contributed by atoms with van der Waals surface area (Å²) in [6.07, 6.45) is 3.36. The number of fused-ring (bicyclic) bond motifs is 1. The molecule has 0 unspecified atom stereocenters. The van der Waals surface area contributed by atoms with Crippen LogP contribution in [-0.4, -0.2) is 33.7 Å². The van der Waals surface area contributed by atoms with Crippen LogP contribution in [0, 0.1) is 6.92 Å². The van der Waals surface area contributed by atoms with E-state index in [1.165, 1.54) is 10.9 Å². The maximum absolute atomic E-state index is 13.2. The molecule has 0 radical (unpaired) electrons. The zero-order valence-corrected chi connectivity index (χ0v) is 17.5. The molecular weight excluding hydrogens is 392 g/mol. The van der Waals surface area contributed by atoms with Crippen molar-refractivity contribution in [3.8, 4) is 11.1 Å². The van der Waals surface area contributed by atoms with Crippen molar-refractivity contribution in [2.45, 2.75) is 20.0 Å². The Morgan fingerprint density at radius 3 is 2.52 bits per heavy atom. The normalized spacial score (nSPS) is 11.0. The van der Waals surface area contributed by atoms with Crippen molar-refractivity contribution >= 4 is 22.6 Å². The van der Waals surface area contributed by atoms with Crippen LogP contribution in [-0.2, 0) is 22.6 Å². The molecule has 2 heterocycles. The molecule has 2 aromatic carbocycles. The van der Waals surface area contributed by atoms with Gasteiger partial charge in [0, 0.05) is 24.6 Å². The summed E-state index contributed by atoms with van der Waals surface area (Å²) in [7, 11) is 1.59. The number of methoxy groups -OCH3 is 1. The van der Waals surface area contributed by atoms with Crippen LogP contribution in [0.3, 0.4) is 0 Å². The third-order valence-corrected chi connectivity index (χ3v) is 5.11. The van der Waals surface area contributed by atoms with Gasteiger partial charge in [-0.05, 0) is 24.6 Å². The summed E-state index contributed by atoms with van der Waals surface area (Å²) in [5.41, 5.74) is 4.36. The lowest BCUT2D eigenvalue weighted by molar-refractivity contribution is -0.116. The highest BCUT2D eigenvalue weighted by molar-refractivity contribution is 5.95. The minimum Gasteiger partial charge on any atom is -0.383 e. The van der Waals surface area contributed by atoms with E-state index in [4.69, 9.17) is 4.74 Å². The number of rotatable bonds is 7. The molecule has 0 saturated heterocycles. The van der Waals surface area contributed by atoms with Crippen LogP contribution in [0.25, 0.3) is 22.2 Å². The number of amides is 1. The molecule has 0 saturated carbocycles. The molecule has 1 amide bonds. The van der Waals surface area contributed by atoms with E-state index in [1.54, 1.807) is 11.7 Å². The average Bonchev–Trinajstić information content (AvgIpc) is 3.14. The lowest BCUT2D eigenvalue weighted by atomic mass is 10.1. The minimum atomic E-state index is -0.216. The second-order valence-corrected chi connectivity index (χ2v) is 7.38. The van der Waals surface area contributed by atoms with Crippen molar-refractivity contribution in [1.82, 2.24) is 14.1 Å². The van der Waals surface area contributed by atoms with Gasteiger partial charge in [-0.3, -0.25) is 14.2 Å². The van der Waals surface area contributed by atoms with Gasteiger partial charge >= 0.3 is 0 Å². The van der Waals surface area contributed by atoms with E-state index < -0.39 is 0 Å². The predicted octanol–water partition coefficient (Wildman–Crippen LogP) is 3.46. The molecule has 0 aliphatic rings. The number of anilines is 1. The maximum atomic E-state index is 13.2. The van der Waals surface area contributed by atoms with E-state index in [0.29, 0.717) is 29.9 Å². The van der Waals surface area contributed by atoms with Gasteiger partial charge in [0.2, 0.25) is 5.91 Å². The molecule has 7 heteroatoms. The second-order valence-electron chi connectivity index (χ2n) is 7.38. The van der Waals surface area contributed by atoms with Crippen molar-refractivity contribution in [1.29, 1.82) is 0 Å². The molecule has 0 bridgehead atoms. The fourth-order valence-corrected chi connectivity index (χ4v) is 3.51. The standard InChI is InChI=1S/C24H24N4O3/c1-17-8-10-19(11-9-17)26-21(29)15-28-14-20(18-6-4-3-5-7-18)22-23(28)24(30)27(16-25-22)12-13-31-2/h3-11,14,16H,12-13,15H2,1-2H3,(H,26,29). The first-order valence-electron chi connectivity index (χ1n) is 10.1. The Hall–Kier alpha value is -3.71. The fourth-order valence-electron chi connectivity index (χ4n) is 3.51. The molecule has 4 aromatic rings. The molecule has 4 rings (SSSR count). The summed E-state index contributed by atoms with van der Waals surface area (Å²) in [6, 6.07) is 17.3. The number of aromatic nitrogens is 3. The summed E-state index contributed by atoms with van der Waals surface area (Å²) in [4.78, 5) is 30.5. The Balaban J connectivity index is 1.74. The van der Waals surface area contributed by atoms with Crippen molar-refractivity contribution in [3.63, 3.8) is 0 Å². The zero-order chi connectivity index (χ0) is 21.8. The first-order valence-corrected chi connectivity index (χ1v) is 10.1. The van der Waals surface area contributed by atoms with Gasteiger partial charge in [0.25, 0.3) is 5.56 Å². The molecule has 0 aliphatic heterocycles. The summed E-state index contributed by atoms with van der Waals surface area (Å²) < 4.78 is 8.29. The number of carbonyl (C=O) groups excluding carboxylic acids is 1. The van der Waals surface area contributed by atoms with Crippen molar-refractivity contribution < 1.29 is 9.53 Å². The summed E-state index contributed by atoms with van der Waals surface area (Å²) in [5.74, 6) is -0.216. The molecule has 158 valence electrons. The number of ether oxygens (including phenoxy) is 1. The number of hydrogen-bond acceptors (Lipinski definition) is 4. The monoisotopic (exact) mass is 416 g/mol. The Morgan fingerprint density at radius 1 is 1.06 bits per heavy atom. The highest BCUT2D eigenvalue weighted by Crippen LogP contribution is 2.27. The molecule has 0 spiro atoms. The van der Waals surface area contributed by atoms with Gasteiger partial charge < -0.3 is 14.6 Å². The average molecular weight is 416 g/mol. The van der Waals surface area contributed by atoms with Gasteiger partial charge in [0.05, 0.1) is 19.5 Å². The van der Waals surface area contributed by atoms with Gasteiger partial charge in [-0.1, -0.05) is 48.0 Å². The SMILES string of the molecule is COCCn1cnc2c(-c3ccccc3)cn(CC(=O)Nc3ccc(C)cc3)c2c1=O. The maximum Gasteiger partial charge on any atom is 0.277 e. The Labute approximate surface area is 179 Å². The Morgan fingerprint density at radius 2 is 1.81 bits per heavy atom. The van der Waals surface area contributed by atoms with Crippen LogP contribution in [0.5, 0.6) is 0 Å². The molecule has 31 heavy (non-hydrogen) atoms. The van der Waals surface area contributed by atoms with Crippen molar-refractivity contribution in [2.24, 2.45) is 0 Å². The van der Waals surface area contributed by atoms with E-state index in [1.807, 2.05) is 67.7 Å². The summed E-state index contributed by atoms with van der Waals surface area (Å²) in [5, 5.41) is 2.89. The van der Waals surface area contributed by atoms with Crippen molar-refractivity contribution in [3.05, 3.63) is 83.0 Å². The van der Waals surface area contributed by atoms with E-state index in [2.05, 4.69) is 10.3 Å². The summed E-state index contributed by atoms with van der Waals surface area (Å²) in [6.45, 7) is 2.78. The smallest absolute Gasteiger partial charge is 0.277 e. The molecular formula is C24H24N4O3. The first-order chi connectivity index (χ1) is 15.1. The highest BCUT2D eigenvalue weighted by atomic mass is 16.5. The molecule has 0 aliphatic carbocycles. The minimum absolute atomic E-state index is 0.00240. The number of carbonyl (C=O) groups is 1. The van der Waals surface area contributed by atoms with Crippen LogP contribution in [0.15, 0.2) is 71.9 Å². The molecule has 2 aromatic heterocycles. The van der Waals surface area contributed by atoms with Crippen LogP contribution in [0.2, 0.25) is 0 Å². The number of hydrogen-bond donors (Lipinski definition) is 1. The number of nitrogens with one attached hydrogen (secondary N) is 1. The lowest BCUT2D eigenvalue weighted by Crippen LogP contribution is -2.26. The van der Waals surface area contributed by atoms with E-state index in [-0.39, 0.29) is 18.0 Å². The van der Waals surface area contributed by atoms with Crippen LogP contribution < -0.4 is 10.9 Å². The van der Waals surface area contributed by atoms with E-state index in [9.17, 15) is 9.59 Å². The van der Waals surface area contributed by atoms with Gasteiger partial charge in [-0.25, -0.2) is 4.98 Å². The second kappa shape index (κ2) is 8.97. The number of nitrogens with zero attached hydrogens (tertiary/aromatic N) is 3. The number of benzene rings is 2. The molecule has 7 nitrogen and oxygen atoms in total. The zero-order valence-electron chi connectivity index (χ0n) is 17.5. The predicted molar refractivity (Wildman–Crippen MR) is 121 cm³/mol. The first kappa shape index (κ1) is 20.6. The fraction of sp³-hybridized carbons (Fsp3) is 0.208. The Kier molecular flexibility index (Phi) is 5.95. The van der Waals surface area contributed by atoms with Crippen molar-refractivity contribution in [2.75, 3.05) is 19.0 Å². The topological polar surface area (TPSA) is 78.2 Å². The third kappa shape index (κ3) is 4.41. The van der Waals surface area contributed by atoms with Gasteiger partial charge in [0.1, 0.15) is 17.6 Å². The third-order valence-electron chi connectivity index (χ3n) is 5.11. The van der Waals surface area contributed by atoms with Crippen LogP contribution >= 0.6 is 0 Å². The van der Waals surface area contributed by atoms with Gasteiger partial charge in [-0.2, -0.15) is 0 Å². The van der Waals surface area contributed by atoms with E-state index >= 15 is 0 Å². The quantitative estimate of drug-likeness (QED) is 0.501. The summed E-state index contributed by atoms with van der Waals surface area (Å²) >= 11 is 0. The largest absolute Gasteiger partial charge is 0.383 e. The number of aryl methyl sites for hydroxylation is 1.